The molecule has 0 aromatic carbocycles. The Hall–Kier alpha value is -2.53. The molecule has 1 saturated carbocycles. The van der Waals surface area contributed by atoms with Crippen molar-refractivity contribution in [2.45, 2.75) is 102 Å². The van der Waals surface area contributed by atoms with Crippen LogP contribution in [0.1, 0.15) is 78.1 Å². The van der Waals surface area contributed by atoms with E-state index in [4.69, 9.17) is 10.5 Å². The summed E-state index contributed by atoms with van der Waals surface area (Å²) in [6, 6.07) is -2.77. The number of esters is 1. The fraction of sp³-hybridized carbons (Fsp3) is 0.808. The molecule has 4 atom stereocenters. The van der Waals surface area contributed by atoms with Crippen LogP contribution >= 0.6 is 0 Å². The molecule has 4 N–H and O–H groups in total. The molecule has 0 bridgehead atoms. The molecule has 0 spiro atoms. The van der Waals surface area contributed by atoms with Gasteiger partial charge in [-0.3, -0.25) is 19.2 Å². The fourth-order valence-corrected chi connectivity index (χ4v) is 5.29. The van der Waals surface area contributed by atoms with Crippen LogP contribution < -0.4 is 11.1 Å². The average molecular weight is 525 g/mol. The largest absolute Gasteiger partial charge is 0.481 e. The lowest BCUT2D eigenvalue weighted by atomic mass is 9.89. The summed E-state index contributed by atoms with van der Waals surface area (Å²) in [6.45, 7) is 5.32. The van der Waals surface area contributed by atoms with E-state index in [1.54, 1.807) is 6.92 Å². The van der Waals surface area contributed by atoms with Crippen molar-refractivity contribution in [1.29, 1.82) is 0 Å². The van der Waals surface area contributed by atoms with Crippen molar-refractivity contribution in [1.82, 2.24) is 15.1 Å². The SMILES string of the molecule is CCN(CC(=O)N(C1CCCCC1OC(=O)[C@H](C)N)[C@@H](C=O)CC(=O)O)C(=O)CCCC1CCNCC1. The number of carboxylic acid groups (broad SMARTS) is 1. The van der Waals surface area contributed by atoms with Gasteiger partial charge in [0.25, 0.3) is 0 Å². The highest BCUT2D eigenvalue weighted by molar-refractivity contribution is 5.88. The number of hydrogen-bond acceptors (Lipinski definition) is 8. The predicted molar refractivity (Wildman–Crippen MR) is 136 cm³/mol. The van der Waals surface area contributed by atoms with Crippen molar-refractivity contribution in [3.63, 3.8) is 0 Å². The number of carbonyl (C=O) groups is 5. The van der Waals surface area contributed by atoms with Crippen LogP contribution in [0, 0.1) is 5.92 Å². The lowest BCUT2D eigenvalue weighted by Crippen LogP contribution is -2.58. The first-order valence-corrected chi connectivity index (χ1v) is 13.6. The molecule has 11 heteroatoms. The van der Waals surface area contributed by atoms with Crippen molar-refractivity contribution in [2.75, 3.05) is 26.2 Å². The first-order valence-electron chi connectivity index (χ1n) is 13.6. The summed E-state index contributed by atoms with van der Waals surface area (Å²) in [5, 5.41) is 12.7. The van der Waals surface area contributed by atoms with Crippen LogP contribution in [0.4, 0.5) is 0 Å². The van der Waals surface area contributed by atoms with Crippen LogP contribution in [-0.4, -0.2) is 95.4 Å². The van der Waals surface area contributed by atoms with Gasteiger partial charge in [-0.15, -0.1) is 0 Å². The van der Waals surface area contributed by atoms with Gasteiger partial charge in [0, 0.05) is 13.0 Å². The molecule has 1 saturated heterocycles. The van der Waals surface area contributed by atoms with Gasteiger partial charge in [0.15, 0.2) is 0 Å². The molecule has 11 nitrogen and oxygen atoms in total. The fourth-order valence-electron chi connectivity index (χ4n) is 5.29. The summed E-state index contributed by atoms with van der Waals surface area (Å²) in [5.41, 5.74) is 5.65. The molecule has 2 unspecified atom stereocenters. The van der Waals surface area contributed by atoms with Crippen molar-refractivity contribution >= 4 is 30.0 Å². The molecule has 2 fully saturated rings. The topological polar surface area (TPSA) is 159 Å². The quantitative estimate of drug-likeness (QED) is 0.223. The number of rotatable bonds is 14. The van der Waals surface area contributed by atoms with Crippen molar-refractivity contribution in [3.05, 3.63) is 0 Å². The third-order valence-corrected chi connectivity index (χ3v) is 7.37. The Kier molecular flexibility index (Phi) is 13.0. The third kappa shape index (κ3) is 9.70. The Balaban J connectivity index is 2.14. The first-order chi connectivity index (χ1) is 17.7. The second-order valence-electron chi connectivity index (χ2n) is 10.2. The van der Waals surface area contributed by atoms with Crippen LogP contribution in [0.25, 0.3) is 0 Å². The molecule has 1 aliphatic carbocycles. The Morgan fingerprint density at radius 1 is 1.11 bits per heavy atom. The number of aliphatic carboxylic acids is 1. The van der Waals surface area contributed by atoms with E-state index in [0.717, 1.165) is 51.6 Å². The van der Waals surface area contributed by atoms with E-state index >= 15 is 0 Å². The molecule has 210 valence electrons. The van der Waals surface area contributed by atoms with Gasteiger partial charge >= 0.3 is 11.9 Å². The van der Waals surface area contributed by atoms with Crippen LogP contribution in [0.15, 0.2) is 0 Å². The van der Waals surface area contributed by atoms with Gasteiger partial charge < -0.3 is 35.5 Å². The summed E-state index contributed by atoms with van der Waals surface area (Å²) in [4.78, 5) is 64.9. The first kappa shape index (κ1) is 30.7. The van der Waals surface area contributed by atoms with Crippen molar-refractivity contribution in [3.8, 4) is 0 Å². The van der Waals surface area contributed by atoms with Crippen LogP contribution in [0.3, 0.4) is 0 Å². The smallest absolute Gasteiger partial charge is 0.322 e. The number of carboxylic acids is 1. The molecule has 1 aliphatic heterocycles. The summed E-state index contributed by atoms with van der Waals surface area (Å²) in [6.07, 6.45) is 5.82. The predicted octanol–water partition coefficient (Wildman–Crippen LogP) is 1.08. The van der Waals surface area contributed by atoms with Crippen molar-refractivity contribution in [2.24, 2.45) is 11.7 Å². The molecule has 37 heavy (non-hydrogen) atoms. The number of nitrogens with two attached hydrogens (primary N) is 1. The Bertz CT molecular complexity index is 785. The minimum Gasteiger partial charge on any atom is -0.481 e. The number of carbonyl (C=O) groups excluding carboxylic acids is 4. The second kappa shape index (κ2) is 15.7. The Morgan fingerprint density at radius 3 is 2.38 bits per heavy atom. The molecule has 2 aliphatic rings. The second-order valence-corrected chi connectivity index (χ2v) is 10.2. The minimum absolute atomic E-state index is 0.144. The summed E-state index contributed by atoms with van der Waals surface area (Å²) < 4.78 is 5.58. The zero-order valence-electron chi connectivity index (χ0n) is 22.2. The van der Waals surface area contributed by atoms with Crippen LogP contribution in [-0.2, 0) is 28.7 Å². The van der Waals surface area contributed by atoms with E-state index in [1.807, 2.05) is 0 Å². The zero-order chi connectivity index (χ0) is 27.4. The Morgan fingerprint density at radius 2 is 1.78 bits per heavy atom. The average Bonchev–Trinajstić information content (AvgIpc) is 2.87. The van der Waals surface area contributed by atoms with Crippen molar-refractivity contribution < 1.29 is 33.8 Å². The van der Waals surface area contributed by atoms with Gasteiger partial charge in [-0.25, -0.2) is 0 Å². The number of ether oxygens (including phenoxy) is 1. The zero-order valence-corrected chi connectivity index (χ0v) is 22.2. The van der Waals surface area contributed by atoms with Gasteiger partial charge in [-0.2, -0.15) is 0 Å². The van der Waals surface area contributed by atoms with E-state index in [1.165, 1.54) is 16.7 Å². The van der Waals surface area contributed by atoms with Crippen LogP contribution in [0.2, 0.25) is 0 Å². The lowest BCUT2D eigenvalue weighted by molar-refractivity contribution is -0.163. The van der Waals surface area contributed by atoms with Gasteiger partial charge in [-0.05, 0) is 77.8 Å². The normalized spacial score (nSPS) is 21.9. The standard InChI is InChI=1S/C26H44N4O7/c1-3-29(23(32)10-6-7-19-11-13-28-14-12-19)16-24(33)30(20(17-31)15-25(34)35)21-8-4-5-9-22(21)37-26(36)18(2)27/h17-22,28H,3-16,27H2,1-2H3,(H,34,35)/t18-,20+,21?,22?/m0/s1. The number of aldehydes is 1. The molecule has 0 aromatic rings. The highest BCUT2D eigenvalue weighted by Crippen LogP contribution is 2.28. The van der Waals surface area contributed by atoms with E-state index in [-0.39, 0.29) is 12.5 Å². The minimum atomic E-state index is -1.24. The van der Waals surface area contributed by atoms with E-state index in [2.05, 4.69) is 5.32 Å². The molecule has 1 heterocycles. The molecule has 0 radical (unpaired) electrons. The summed E-state index contributed by atoms with van der Waals surface area (Å²) in [5.74, 6) is -1.91. The third-order valence-electron chi connectivity index (χ3n) is 7.37. The number of amides is 2. The highest BCUT2D eigenvalue weighted by atomic mass is 16.5. The highest BCUT2D eigenvalue weighted by Gasteiger charge is 2.40. The van der Waals surface area contributed by atoms with Gasteiger partial charge in [0.1, 0.15) is 18.4 Å². The number of hydrogen-bond donors (Lipinski definition) is 3. The number of nitrogens with one attached hydrogen (secondary N) is 1. The number of piperidine rings is 1. The number of likely N-dealkylation sites (N-methyl/N-ethyl adjacent to an activating group) is 1. The molecular weight excluding hydrogens is 480 g/mol. The Labute approximate surface area is 219 Å². The van der Waals surface area contributed by atoms with E-state index in [9.17, 15) is 29.1 Å². The maximum absolute atomic E-state index is 13.6. The van der Waals surface area contributed by atoms with E-state index < -0.39 is 48.5 Å². The van der Waals surface area contributed by atoms with Gasteiger partial charge in [0.05, 0.1) is 25.0 Å². The summed E-state index contributed by atoms with van der Waals surface area (Å²) >= 11 is 0. The molecule has 2 amide bonds. The molecule has 2 rings (SSSR count). The van der Waals surface area contributed by atoms with E-state index in [0.29, 0.717) is 38.0 Å². The van der Waals surface area contributed by atoms with Crippen LogP contribution in [0.5, 0.6) is 0 Å². The lowest BCUT2D eigenvalue weighted by Gasteiger charge is -2.42. The maximum Gasteiger partial charge on any atom is 0.322 e. The maximum atomic E-state index is 13.6. The van der Waals surface area contributed by atoms with Gasteiger partial charge in [-0.1, -0.05) is 6.42 Å². The molecule has 0 aromatic heterocycles. The number of nitrogens with zero attached hydrogens (tertiary/aromatic N) is 2. The van der Waals surface area contributed by atoms with Gasteiger partial charge in [0.2, 0.25) is 11.8 Å². The molecular formula is C26H44N4O7. The monoisotopic (exact) mass is 524 g/mol. The summed E-state index contributed by atoms with van der Waals surface area (Å²) in [7, 11) is 0.